The fourth-order valence-electron chi connectivity index (χ4n) is 3.18. The number of hydrogen-bond donors (Lipinski definition) is 0. The number of carbonyl (C=O) groups excluding carboxylic acids is 2. The number of para-hydroxylation sites is 2. The second-order valence-corrected chi connectivity index (χ2v) is 6.29. The monoisotopic (exact) mass is 358 g/mol. The van der Waals surface area contributed by atoms with Crippen LogP contribution >= 0.6 is 0 Å². The average molecular weight is 358 g/mol. The molecule has 0 N–H and O–H groups in total. The minimum atomic E-state index is -0.564. The van der Waals surface area contributed by atoms with Gasteiger partial charge in [-0.05, 0) is 36.3 Å². The molecule has 0 spiro atoms. The van der Waals surface area contributed by atoms with E-state index >= 15 is 0 Å². The Morgan fingerprint density at radius 2 is 1.85 bits per heavy atom. The fraction of sp³-hybridized carbons (Fsp3) is 0.136. The van der Waals surface area contributed by atoms with E-state index in [2.05, 4.69) is 4.98 Å². The lowest BCUT2D eigenvalue weighted by Gasteiger charge is -2.16. The second-order valence-electron chi connectivity index (χ2n) is 6.29. The van der Waals surface area contributed by atoms with Crippen LogP contribution in [0.15, 0.2) is 66.7 Å². The van der Waals surface area contributed by atoms with E-state index in [1.165, 1.54) is 6.08 Å². The molecule has 5 heteroatoms. The van der Waals surface area contributed by atoms with Gasteiger partial charge in [0.15, 0.2) is 6.61 Å². The first-order valence-corrected chi connectivity index (χ1v) is 8.79. The third-order valence-corrected chi connectivity index (χ3v) is 4.54. The van der Waals surface area contributed by atoms with Crippen molar-refractivity contribution in [3.8, 4) is 0 Å². The second kappa shape index (κ2) is 7.41. The molecule has 0 radical (unpaired) electrons. The fourth-order valence-corrected chi connectivity index (χ4v) is 3.18. The standard InChI is InChI=1S/C22H18N2O3/c25-21(24-14-13-17-6-2-4-8-20(17)24)15-27-22(26)12-11-18-10-9-16-5-1-3-7-19(16)23-18/h1-12H,13-15H2/b12-11+. The molecule has 5 nitrogen and oxygen atoms in total. The van der Waals surface area contributed by atoms with Crippen molar-refractivity contribution in [1.29, 1.82) is 0 Å². The van der Waals surface area contributed by atoms with Crippen LogP contribution in [0.25, 0.3) is 17.0 Å². The smallest absolute Gasteiger partial charge is 0.331 e. The molecule has 1 aliphatic rings. The molecule has 0 unspecified atom stereocenters. The summed E-state index contributed by atoms with van der Waals surface area (Å²) >= 11 is 0. The first kappa shape index (κ1) is 17.0. The molecule has 134 valence electrons. The molecular formula is C22H18N2O3. The Balaban J connectivity index is 1.35. The molecule has 2 heterocycles. The highest BCUT2D eigenvalue weighted by atomic mass is 16.5. The lowest BCUT2D eigenvalue weighted by molar-refractivity contribution is -0.142. The van der Waals surface area contributed by atoms with E-state index in [4.69, 9.17) is 4.74 Å². The lowest BCUT2D eigenvalue weighted by atomic mass is 10.2. The van der Waals surface area contributed by atoms with Gasteiger partial charge in [-0.3, -0.25) is 4.79 Å². The van der Waals surface area contributed by atoms with Crippen LogP contribution in [0, 0.1) is 0 Å². The molecule has 0 saturated carbocycles. The van der Waals surface area contributed by atoms with Crippen LogP contribution in [0.3, 0.4) is 0 Å². The van der Waals surface area contributed by atoms with E-state index in [-0.39, 0.29) is 12.5 Å². The summed E-state index contributed by atoms with van der Waals surface area (Å²) in [6.45, 7) is 0.342. The van der Waals surface area contributed by atoms with Gasteiger partial charge in [0.05, 0.1) is 11.2 Å². The number of nitrogens with zero attached hydrogens (tertiary/aromatic N) is 2. The quantitative estimate of drug-likeness (QED) is 0.530. The van der Waals surface area contributed by atoms with Gasteiger partial charge in [-0.1, -0.05) is 42.5 Å². The van der Waals surface area contributed by atoms with E-state index in [1.807, 2.05) is 60.7 Å². The zero-order chi connectivity index (χ0) is 18.6. The molecule has 3 aromatic rings. The number of ether oxygens (including phenoxy) is 1. The van der Waals surface area contributed by atoms with Crippen molar-refractivity contribution in [2.45, 2.75) is 6.42 Å². The van der Waals surface area contributed by atoms with Crippen molar-refractivity contribution >= 4 is 34.5 Å². The molecule has 0 saturated heterocycles. The minimum absolute atomic E-state index is 0.217. The third-order valence-electron chi connectivity index (χ3n) is 4.54. The van der Waals surface area contributed by atoms with Gasteiger partial charge in [0, 0.05) is 23.7 Å². The van der Waals surface area contributed by atoms with Crippen molar-refractivity contribution in [3.63, 3.8) is 0 Å². The van der Waals surface area contributed by atoms with Gasteiger partial charge in [0.2, 0.25) is 0 Å². The molecule has 0 fully saturated rings. The third kappa shape index (κ3) is 3.72. The Bertz CT molecular complexity index is 1040. The first-order valence-electron chi connectivity index (χ1n) is 8.79. The number of hydrogen-bond acceptors (Lipinski definition) is 4. The van der Waals surface area contributed by atoms with Gasteiger partial charge in [-0.15, -0.1) is 0 Å². The van der Waals surface area contributed by atoms with Crippen molar-refractivity contribution in [1.82, 2.24) is 4.98 Å². The van der Waals surface area contributed by atoms with Crippen LogP contribution in [0.4, 0.5) is 5.69 Å². The number of amides is 1. The molecule has 4 rings (SSSR count). The lowest BCUT2D eigenvalue weighted by Crippen LogP contribution is -2.33. The summed E-state index contributed by atoms with van der Waals surface area (Å²) in [5.41, 5.74) is 3.55. The maximum Gasteiger partial charge on any atom is 0.331 e. The first-order chi connectivity index (χ1) is 13.2. The Hall–Kier alpha value is -3.47. The largest absolute Gasteiger partial charge is 0.452 e. The van der Waals surface area contributed by atoms with Gasteiger partial charge in [0.25, 0.3) is 5.91 Å². The van der Waals surface area contributed by atoms with E-state index in [0.717, 1.165) is 28.6 Å². The van der Waals surface area contributed by atoms with Gasteiger partial charge >= 0.3 is 5.97 Å². The van der Waals surface area contributed by atoms with E-state index in [1.54, 1.807) is 11.0 Å². The van der Waals surface area contributed by atoms with E-state index in [0.29, 0.717) is 12.2 Å². The van der Waals surface area contributed by atoms with Crippen molar-refractivity contribution in [2.75, 3.05) is 18.1 Å². The van der Waals surface area contributed by atoms with Crippen LogP contribution in [0.2, 0.25) is 0 Å². The molecule has 1 aliphatic heterocycles. The molecule has 1 amide bonds. The zero-order valence-electron chi connectivity index (χ0n) is 14.7. The maximum absolute atomic E-state index is 12.3. The van der Waals surface area contributed by atoms with Gasteiger partial charge in [0.1, 0.15) is 0 Å². The van der Waals surface area contributed by atoms with Crippen LogP contribution in [0.1, 0.15) is 11.3 Å². The van der Waals surface area contributed by atoms with Crippen LogP contribution < -0.4 is 4.90 Å². The molecule has 0 aliphatic carbocycles. The normalized spacial score (nSPS) is 13.1. The number of esters is 1. The predicted octanol–water partition coefficient (Wildman–Crippen LogP) is 3.38. The predicted molar refractivity (Wildman–Crippen MR) is 104 cm³/mol. The summed E-state index contributed by atoms with van der Waals surface area (Å²) in [5.74, 6) is -0.781. The highest BCUT2D eigenvalue weighted by Crippen LogP contribution is 2.27. The minimum Gasteiger partial charge on any atom is -0.452 e. The number of aromatic nitrogens is 1. The number of carbonyl (C=O) groups is 2. The van der Waals surface area contributed by atoms with Crippen LogP contribution in [0.5, 0.6) is 0 Å². The summed E-state index contributed by atoms with van der Waals surface area (Å²) in [4.78, 5) is 30.4. The highest BCUT2D eigenvalue weighted by Gasteiger charge is 2.24. The molecular weight excluding hydrogens is 340 g/mol. The summed E-state index contributed by atoms with van der Waals surface area (Å²) in [6, 6.07) is 19.3. The highest BCUT2D eigenvalue weighted by molar-refractivity contribution is 5.98. The number of pyridine rings is 1. The summed E-state index contributed by atoms with van der Waals surface area (Å²) < 4.78 is 5.10. The summed E-state index contributed by atoms with van der Waals surface area (Å²) in [5, 5.41) is 1.04. The number of rotatable bonds is 4. The summed E-state index contributed by atoms with van der Waals surface area (Å²) in [6.07, 6.45) is 3.70. The van der Waals surface area contributed by atoms with Crippen LogP contribution in [-0.2, 0) is 20.7 Å². The Morgan fingerprint density at radius 1 is 1.04 bits per heavy atom. The SMILES string of the molecule is O=C(/C=C/c1ccc2ccccc2n1)OCC(=O)N1CCc2ccccc21. The molecule has 1 aromatic heterocycles. The molecule has 0 atom stereocenters. The van der Waals surface area contributed by atoms with Crippen molar-refractivity contribution in [3.05, 3.63) is 78.0 Å². The zero-order valence-corrected chi connectivity index (χ0v) is 14.7. The average Bonchev–Trinajstić information content (AvgIpc) is 3.14. The Labute approximate surface area is 156 Å². The van der Waals surface area contributed by atoms with E-state index in [9.17, 15) is 9.59 Å². The van der Waals surface area contributed by atoms with E-state index < -0.39 is 5.97 Å². The van der Waals surface area contributed by atoms with Crippen molar-refractivity contribution < 1.29 is 14.3 Å². The number of benzene rings is 2. The van der Waals surface area contributed by atoms with Gasteiger partial charge in [-0.25, -0.2) is 9.78 Å². The van der Waals surface area contributed by atoms with Crippen molar-refractivity contribution in [2.24, 2.45) is 0 Å². The Morgan fingerprint density at radius 3 is 2.78 bits per heavy atom. The summed E-state index contributed by atoms with van der Waals surface area (Å²) in [7, 11) is 0. The topological polar surface area (TPSA) is 59.5 Å². The molecule has 27 heavy (non-hydrogen) atoms. The number of anilines is 1. The van der Waals surface area contributed by atoms with Gasteiger partial charge < -0.3 is 9.64 Å². The Kier molecular flexibility index (Phi) is 4.66. The van der Waals surface area contributed by atoms with Gasteiger partial charge in [-0.2, -0.15) is 0 Å². The molecule has 2 aromatic carbocycles. The maximum atomic E-state index is 12.3. The molecule has 0 bridgehead atoms. The number of fused-ring (bicyclic) bond motifs is 2. The van der Waals surface area contributed by atoms with Crippen LogP contribution in [-0.4, -0.2) is 30.0 Å².